The molecule has 0 unspecified atom stereocenters. The maximum atomic E-state index is 5.54. The first kappa shape index (κ1) is 17.3. The Morgan fingerprint density at radius 3 is 1.88 bits per heavy atom. The van der Waals surface area contributed by atoms with E-state index in [1.807, 2.05) is 0 Å². The van der Waals surface area contributed by atoms with Gasteiger partial charge in [-0.05, 0) is 13.0 Å². The first-order valence-corrected chi connectivity index (χ1v) is 8.34. The Kier molecular flexibility index (Phi) is 11.6. The van der Waals surface area contributed by atoms with Crippen LogP contribution in [-0.2, 0) is 13.3 Å². The highest BCUT2D eigenvalue weighted by Crippen LogP contribution is 2.14. The third-order valence-corrected chi connectivity index (χ3v) is 5.54. The minimum absolute atomic E-state index is 0.656. The summed E-state index contributed by atoms with van der Waals surface area (Å²) < 4.78 is 16.0. The van der Waals surface area contributed by atoms with Crippen LogP contribution >= 0.6 is 11.6 Å². The Bertz CT molecular complexity index is 165. The van der Waals surface area contributed by atoms with Crippen LogP contribution in [0.1, 0.15) is 6.42 Å². The molecule has 0 aliphatic rings. The van der Waals surface area contributed by atoms with E-state index < -0.39 is 8.80 Å². The number of halogens is 1. The van der Waals surface area contributed by atoms with Crippen LogP contribution in [-0.4, -0.2) is 62.2 Å². The molecule has 0 rings (SSSR count). The number of hydrogen-bond donors (Lipinski definition) is 2. The van der Waals surface area contributed by atoms with Crippen LogP contribution in [0.3, 0.4) is 0 Å². The highest BCUT2D eigenvalue weighted by molar-refractivity contribution is 6.60. The first-order chi connectivity index (χ1) is 8.24. The van der Waals surface area contributed by atoms with Crippen molar-refractivity contribution in [3.8, 4) is 0 Å². The van der Waals surface area contributed by atoms with Crippen LogP contribution in [0.4, 0.5) is 0 Å². The van der Waals surface area contributed by atoms with Gasteiger partial charge in [0.15, 0.2) is 0 Å². The van der Waals surface area contributed by atoms with Crippen molar-refractivity contribution in [2.24, 2.45) is 0 Å². The second-order valence-electron chi connectivity index (χ2n) is 3.59. The Balaban J connectivity index is 3.43. The smallest absolute Gasteiger partial charge is 0.377 e. The van der Waals surface area contributed by atoms with Crippen molar-refractivity contribution in [3.63, 3.8) is 0 Å². The van der Waals surface area contributed by atoms with E-state index in [2.05, 4.69) is 10.6 Å². The Morgan fingerprint density at radius 1 is 0.882 bits per heavy atom. The van der Waals surface area contributed by atoms with E-state index in [-0.39, 0.29) is 0 Å². The van der Waals surface area contributed by atoms with E-state index >= 15 is 0 Å². The zero-order valence-electron chi connectivity index (χ0n) is 11.1. The van der Waals surface area contributed by atoms with Gasteiger partial charge in [0.1, 0.15) is 0 Å². The largest absolute Gasteiger partial charge is 0.500 e. The fourth-order valence-corrected chi connectivity index (χ4v) is 3.34. The van der Waals surface area contributed by atoms with Crippen molar-refractivity contribution in [1.29, 1.82) is 0 Å². The lowest BCUT2D eigenvalue weighted by molar-refractivity contribution is 0.123. The number of hydrogen-bond acceptors (Lipinski definition) is 5. The molecule has 0 saturated carbocycles. The van der Waals surface area contributed by atoms with Crippen molar-refractivity contribution < 1.29 is 13.3 Å². The van der Waals surface area contributed by atoms with Gasteiger partial charge in [0.2, 0.25) is 0 Å². The summed E-state index contributed by atoms with van der Waals surface area (Å²) in [5.74, 6) is 0.656. The van der Waals surface area contributed by atoms with E-state index in [1.165, 1.54) is 0 Å². The molecule has 2 N–H and O–H groups in total. The average molecular weight is 285 g/mol. The summed E-state index contributed by atoms with van der Waals surface area (Å²) in [6.07, 6.45) is 0.983. The fourth-order valence-electron chi connectivity index (χ4n) is 1.48. The van der Waals surface area contributed by atoms with E-state index in [0.29, 0.717) is 5.88 Å². The quantitative estimate of drug-likeness (QED) is 0.313. The maximum Gasteiger partial charge on any atom is 0.500 e. The Hall–Kier alpha value is 0.307. The van der Waals surface area contributed by atoms with Gasteiger partial charge in [0, 0.05) is 52.9 Å². The first-order valence-electron chi connectivity index (χ1n) is 5.87. The molecule has 0 aromatic carbocycles. The molecule has 0 amide bonds. The summed E-state index contributed by atoms with van der Waals surface area (Å²) in [5, 5.41) is 6.56. The van der Waals surface area contributed by atoms with E-state index in [4.69, 9.17) is 24.9 Å². The minimum Gasteiger partial charge on any atom is -0.377 e. The average Bonchev–Trinajstić information content (AvgIpc) is 2.38. The topological polar surface area (TPSA) is 51.8 Å². The summed E-state index contributed by atoms with van der Waals surface area (Å²) in [5.41, 5.74) is 0. The monoisotopic (exact) mass is 284 g/mol. The predicted molar refractivity (Wildman–Crippen MR) is 72.7 cm³/mol. The van der Waals surface area contributed by atoms with Gasteiger partial charge in [-0.3, -0.25) is 0 Å². The van der Waals surface area contributed by atoms with Crippen LogP contribution < -0.4 is 10.6 Å². The van der Waals surface area contributed by atoms with Crippen molar-refractivity contribution in [3.05, 3.63) is 0 Å². The number of rotatable bonds is 12. The van der Waals surface area contributed by atoms with Crippen LogP contribution in [0.15, 0.2) is 0 Å². The standard InChI is InChI=1S/C10H25ClN2O3Si/c1-14-17(15-2,16-3)10-4-6-12-8-9-13-7-5-11/h12-13H,4-10H2,1-3H3. The Morgan fingerprint density at radius 2 is 1.41 bits per heavy atom. The molecule has 5 nitrogen and oxygen atoms in total. The van der Waals surface area contributed by atoms with Crippen LogP contribution in [0, 0.1) is 0 Å². The number of alkyl halides is 1. The molecule has 17 heavy (non-hydrogen) atoms. The number of nitrogens with one attached hydrogen (secondary N) is 2. The predicted octanol–water partition coefficient (Wildman–Crippen LogP) is 0.673. The summed E-state index contributed by atoms with van der Waals surface area (Å²) in [6, 6.07) is 0.832. The van der Waals surface area contributed by atoms with Crippen molar-refractivity contribution in [1.82, 2.24) is 10.6 Å². The molecular formula is C10H25ClN2O3Si. The van der Waals surface area contributed by atoms with Gasteiger partial charge in [-0.15, -0.1) is 11.6 Å². The van der Waals surface area contributed by atoms with Gasteiger partial charge in [-0.25, -0.2) is 0 Å². The van der Waals surface area contributed by atoms with E-state index in [0.717, 1.165) is 38.6 Å². The van der Waals surface area contributed by atoms with Gasteiger partial charge in [-0.1, -0.05) is 0 Å². The molecular weight excluding hydrogens is 260 g/mol. The molecule has 0 aliphatic carbocycles. The minimum atomic E-state index is -2.37. The van der Waals surface area contributed by atoms with Gasteiger partial charge >= 0.3 is 8.80 Å². The molecule has 0 aromatic heterocycles. The normalized spacial score (nSPS) is 12.0. The summed E-state index contributed by atoms with van der Waals surface area (Å²) in [7, 11) is 2.55. The fraction of sp³-hybridized carbons (Fsp3) is 1.00. The highest BCUT2D eigenvalue weighted by Gasteiger charge is 2.36. The lowest BCUT2D eigenvalue weighted by Gasteiger charge is -2.24. The summed E-state index contributed by atoms with van der Waals surface area (Å²) >= 11 is 5.54. The van der Waals surface area contributed by atoms with Crippen LogP contribution in [0.2, 0.25) is 6.04 Å². The van der Waals surface area contributed by atoms with E-state index in [1.54, 1.807) is 21.3 Å². The molecule has 0 bridgehead atoms. The molecule has 0 radical (unpaired) electrons. The molecule has 0 spiro atoms. The van der Waals surface area contributed by atoms with E-state index in [9.17, 15) is 0 Å². The van der Waals surface area contributed by atoms with Gasteiger partial charge in [0.25, 0.3) is 0 Å². The molecule has 0 heterocycles. The van der Waals surface area contributed by atoms with Crippen LogP contribution in [0.5, 0.6) is 0 Å². The maximum absolute atomic E-state index is 5.54. The lowest BCUT2D eigenvalue weighted by atomic mass is 10.4. The summed E-state index contributed by atoms with van der Waals surface area (Å²) in [6.45, 7) is 3.68. The molecule has 0 atom stereocenters. The molecule has 0 saturated heterocycles. The van der Waals surface area contributed by atoms with Gasteiger partial charge in [0.05, 0.1) is 0 Å². The zero-order chi connectivity index (χ0) is 13.0. The van der Waals surface area contributed by atoms with Gasteiger partial charge in [-0.2, -0.15) is 0 Å². The highest BCUT2D eigenvalue weighted by atomic mass is 35.5. The SMILES string of the molecule is CO[Si](CCCNCCNCCCl)(OC)OC. The molecule has 0 fully saturated rings. The molecule has 0 aromatic rings. The second kappa shape index (κ2) is 11.4. The third-order valence-electron chi connectivity index (χ3n) is 2.52. The van der Waals surface area contributed by atoms with Crippen molar-refractivity contribution >= 4 is 20.4 Å². The lowest BCUT2D eigenvalue weighted by Crippen LogP contribution is -2.43. The van der Waals surface area contributed by atoms with Crippen LogP contribution in [0.25, 0.3) is 0 Å². The zero-order valence-corrected chi connectivity index (χ0v) is 12.8. The summed E-state index contributed by atoms with van der Waals surface area (Å²) in [4.78, 5) is 0. The third kappa shape index (κ3) is 8.09. The Labute approximate surface area is 111 Å². The van der Waals surface area contributed by atoms with Crippen molar-refractivity contribution in [2.75, 3.05) is 53.4 Å². The van der Waals surface area contributed by atoms with Crippen molar-refractivity contribution in [2.45, 2.75) is 12.5 Å². The molecule has 7 heteroatoms. The molecule has 104 valence electrons. The molecule has 0 aliphatic heterocycles. The van der Waals surface area contributed by atoms with Gasteiger partial charge < -0.3 is 23.9 Å². The second-order valence-corrected chi connectivity index (χ2v) is 7.06.